The number of hydrogen-bond acceptors (Lipinski definition) is 14. The van der Waals surface area contributed by atoms with Crippen LogP contribution in [0.2, 0.25) is 0 Å². The van der Waals surface area contributed by atoms with Gasteiger partial charge in [-0.1, -0.05) is 24.3 Å². The van der Waals surface area contributed by atoms with Gasteiger partial charge in [0.15, 0.2) is 0 Å². The van der Waals surface area contributed by atoms with Crippen molar-refractivity contribution in [3.63, 3.8) is 0 Å². The molecular formula is C45H75N5O9. The standard InChI is InChI=1S/C26H38N4O3.C19H37NO6/c1-3-23-19-25(5-1)32-17-15-31-16-18-33-26-6-2-4-24(20-26)22-30-13-9-27-7-11-29(21-23)12-8-28-10-14-30;1-7-21-13-16-24-10-4-20-5-11-25-17-14-22-8-2-19(1)3-9-23-15-18-26-12-6-20/h1-6,19-20,27-28H,7-18,21-22H2;19H,1-18H2. The van der Waals surface area contributed by atoms with Crippen LogP contribution in [0.3, 0.4) is 0 Å². The minimum atomic E-state index is 0.534. The zero-order valence-corrected chi connectivity index (χ0v) is 35.8. The van der Waals surface area contributed by atoms with Crippen LogP contribution < -0.4 is 20.1 Å². The van der Waals surface area contributed by atoms with Gasteiger partial charge in [-0.25, -0.2) is 0 Å². The summed E-state index contributed by atoms with van der Waals surface area (Å²) in [5.74, 6) is 2.36. The molecule has 8 rings (SSSR count). The molecule has 2 N–H and O–H groups in total. The van der Waals surface area contributed by atoms with Crippen molar-refractivity contribution in [3.8, 4) is 11.5 Å². The average Bonchev–Trinajstić information content (AvgIpc) is 3.24. The molecule has 0 unspecified atom stereocenters. The first-order valence-electron chi connectivity index (χ1n) is 22.4. The lowest BCUT2D eigenvalue weighted by molar-refractivity contribution is -0.00386. The second-order valence-electron chi connectivity index (χ2n) is 15.4. The van der Waals surface area contributed by atoms with Crippen LogP contribution in [0.5, 0.6) is 11.5 Å². The summed E-state index contributed by atoms with van der Waals surface area (Å²) in [6.07, 6.45) is 3.11. The summed E-state index contributed by atoms with van der Waals surface area (Å²) in [6, 6.07) is 16.9. The molecule has 0 saturated carbocycles. The topological polar surface area (TPSA) is 117 Å². The van der Waals surface area contributed by atoms with Gasteiger partial charge in [0.2, 0.25) is 0 Å². The maximum absolute atomic E-state index is 5.92. The molecule has 14 heteroatoms. The second kappa shape index (κ2) is 31.4. The molecule has 6 aliphatic heterocycles. The molecule has 59 heavy (non-hydrogen) atoms. The highest BCUT2D eigenvalue weighted by molar-refractivity contribution is 5.29. The summed E-state index contributed by atoms with van der Waals surface area (Å²) < 4.78 is 51.9. The van der Waals surface area contributed by atoms with Gasteiger partial charge in [0.1, 0.15) is 24.7 Å². The summed E-state index contributed by atoms with van der Waals surface area (Å²) in [7, 11) is 0. The zero-order valence-electron chi connectivity index (χ0n) is 35.8. The molecule has 6 aliphatic rings. The van der Waals surface area contributed by atoms with E-state index in [9.17, 15) is 0 Å². The lowest BCUT2D eigenvalue weighted by Gasteiger charge is -2.27. The number of hydrogen-bond donors (Lipinski definition) is 2. The Bertz CT molecular complexity index is 1180. The third-order valence-corrected chi connectivity index (χ3v) is 10.8. The van der Waals surface area contributed by atoms with Crippen LogP contribution in [0.15, 0.2) is 48.5 Å². The van der Waals surface area contributed by atoms with Crippen LogP contribution >= 0.6 is 0 Å². The Balaban J connectivity index is 0.000000231. The molecule has 4 saturated heterocycles. The maximum atomic E-state index is 5.92. The van der Waals surface area contributed by atoms with E-state index >= 15 is 0 Å². The smallest absolute Gasteiger partial charge is 0.119 e. The summed E-state index contributed by atoms with van der Waals surface area (Å²) in [6.45, 7) is 23.1. The number of rotatable bonds is 0. The van der Waals surface area contributed by atoms with E-state index in [1.54, 1.807) is 0 Å². The van der Waals surface area contributed by atoms with Gasteiger partial charge in [0.25, 0.3) is 0 Å². The largest absolute Gasteiger partial charge is 0.491 e. The number of benzene rings is 2. The number of nitrogens with zero attached hydrogens (tertiary/aromatic N) is 3. The molecule has 0 aromatic heterocycles. The molecule has 6 heterocycles. The Labute approximate surface area is 354 Å². The van der Waals surface area contributed by atoms with E-state index in [0.717, 1.165) is 136 Å². The molecule has 14 nitrogen and oxygen atoms in total. The minimum Gasteiger partial charge on any atom is -0.491 e. The fourth-order valence-corrected chi connectivity index (χ4v) is 7.33. The number of fused-ring (bicyclic) bond motifs is 35. The van der Waals surface area contributed by atoms with E-state index < -0.39 is 0 Å². The van der Waals surface area contributed by atoms with Crippen molar-refractivity contribution in [1.82, 2.24) is 25.3 Å². The third kappa shape index (κ3) is 22.3. The van der Waals surface area contributed by atoms with Crippen molar-refractivity contribution in [3.05, 3.63) is 59.7 Å². The molecule has 4 fully saturated rings. The predicted molar refractivity (Wildman–Crippen MR) is 230 cm³/mol. The average molecular weight is 830 g/mol. The fourth-order valence-electron chi connectivity index (χ4n) is 7.33. The first-order valence-corrected chi connectivity index (χ1v) is 22.4. The first-order chi connectivity index (χ1) is 29.3. The molecular weight excluding hydrogens is 755 g/mol. The Morgan fingerprint density at radius 1 is 0.373 bits per heavy atom. The van der Waals surface area contributed by atoms with Crippen LogP contribution in [0, 0.1) is 5.92 Å². The monoisotopic (exact) mass is 830 g/mol. The Hall–Kier alpha value is -2.44. The molecule has 8 bridgehead atoms. The van der Waals surface area contributed by atoms with Crippen molar-refractivity contribution in [2.45, 2.75) is 32.4 Å². The summed E-state index contributed by atoms with van der Waals surface area (Å²) in [4.78, 5) is 7.34. The Kier molecular flexibility index (Phi) is 25.3. The third-order valence-electron chi connectivity index (χ3n) is 10.8. The highest BCUT2D eigenvalue weighted by atomic mass is 16.5. The van der Waals surface area contributed by atoms with Gasteiger partial charge in [-0.05, 0) is 60.6 Å². The highest BCUT2D eigenvalue weighted by Crippen LogP contribution is 2.17. The van der Waals surface area contributed by atoms with E-state index in [4.69, 9.17) is 42.6 Å². The SMILES string of the molecule is C1COCCN2CCOCCOCCC(CCO1)CCOCCOCC2.c1cc2cc(c1)OCCOCCOc1cccc(c1)CN1CCNCCN(CCNCC1)C2. The fraction of sp³-hybridized carbons (Fsp3) is 0.733. The molecule has 334 valence electrons. The molecule has 2 aromatic rings. The summed E-state index contributed by atoms with van der Waals surface area (Å²) in [5, 5.41) is 7.29. The van der Waals surface area contributed by atoms with Crippen molar-refractivity contribution in [2.75, 3.05) is 178 Å². The van der Waals surface area contributed by atoms with Gasteiger partial charge in [-0.2, -0.15) is 0 Å². The predicted octanol–water partition coefficient (Wildman–Crippen LogP) is 3.17. The second-order valence-corrected chi connectivity index (χ2v) is 15.4. The quantitative estimate of drug-likeness (QED) is 0.379. The maximum Gasteiger partial charge on any atom is 0.119 e. The van der Waals surface area contributed by atoms with Crippen molar-refractivity contribution < 1.29 is 42.6 Å². The molecule has 0 spiro atoms. The lowest BCUT2D eigenvalue weighted by atomic mass is 9.99. The Morgan fingerprint density at radius 2 is 0.729 bits per heavy atom. The van der Waals surface area contributed by atoms with Crippen LogP contribution in [0.4, 0.5) is 0 Å². The molecule has 2 aromatic carbocycles. The van der Waals surface area contributed by atoms with E-state index in [2.05, 4.69) is 61.7 Å². The van der Waals surface area contributed by atoms with Crippen LogP contribution in [-0.2, 0) is 46.2 Å². The van der Waals surface area contributed by atoms with Gasteiger partial charge in [0.05, 0.1) is 72.7 Å². The van der Waals surface area contributed by atoms with E-state index in [1.807, 2.05) is 12.1 Å². The summed E-state index contributed by atoms with van der Waals surface area (Å²) >= 11 is 0. The van der Waals surface area contributed by atoms with Gasteiger partial charge >= 0.3 is 0 Å². The van der Waals surface area contributed by atoms with E-state index in [1.165, 1.54) is 11.1 Å². The molecule has 0 atom stereocenters. The van der Waals surface area contributed by atoms with Crippen LogP contribution in [0.25, 0.3) is 0 Å². The molecule has 0 aliphatic carbocycles. The molecule has 0 radical (unpaired) electrons. The van der Waals surface area contributed by atoms with Crippen molar-refractivity contribution >= 4 is 0 Å². The van der Waals surface area contributed by atoms with Crippen LogP contribution in [-0.4, -0.2) is 192 Å². The van der Waals surface area contributed by atoms with Gasteiger partial charge in [-0.15, -0.1) is 0 Å². The first kappa shape index (κ1) is 47.6. The van der Waals surface area contributed by atoms with Crippen LogP contribution in [0.1, 0.15) is 30.4 Å². The van der Waals surface area contributed by atoms with E-state index in [-0.39, 0.29) is 0 Å². The molecule has 0 amide bonds. The van der Waals surface area contributed by atoms with E-state index in [0.29, 0.717) is 91.8 Å². The normalized spacial score (nSPS) is 26.8. The number of nitrogens with one attached hydrogen (secondary N) is 2. The van der Waals surface area contributed by atoms with Crippen molar-refractivity contribution in [2.24, 2.45) is 5.92 Å². The number of ether oxygens (including phenoxy) is 9. The minimum absolute atomic E-state index is 0.534. The van der Waals surface area contributed by atoms with Gasteiger partial charge in [0, 0.05) is 105 Å². The van der Waals surface area contributed by atoms with Crippen molar-refractivity contribution in [1.29, 1.82) is 0 Å². The lowest BCUT2D eigenvalue weighted by Crippen LogP contribution is -2.42. The van der Waals surface area contributed by atoms with Gasteiger partial charge < -0.3 is 53.3 Å². The highest BCUT2D eigenvalue weighted by Gasteiger charge is 2.13. The Morgan fingerprint density at radius 3 is 1.14 bits per heavy atom. The van der Waals surface area contributed by atoms with Gasteiger partial charge in [-0.3, -0.25) is 14.7 Å². The summed E-state index contributed by atoms with van der Waals surface area (Å²) in [5.41, 5.74) is 2.56. The zero-order chi connectivity index (χ0) is 40.7.